The van der Waals surface area contributed by atoms with Crippen LogP contribution in [0.3, 0.4) is 0 Å². The Kier molecular flexibility index (Phi) is 4.98. The monoisotopic (exact) mass is 284 g/mol. The fourth-order valence-electron chi connectivity index (χ4n) is 1.85. The van der Waals surface area contributed by atoms with Gasteiger partial charge in [-0.2, -0.15) is 0 Å². The van der Waals surface area contributed by atoms with E-state index in [9.17, 15) is 9.59 Å². The van der Waals surface area contributed by atoms with Crippen LogP contribution < -0.4 is 10.6 Å². The molecule has 6 nitrogen and oxygen atoms in total. The number of nitrogens with zero attached hydrogens (tertiary/aromatic N) is 2. The summed E-state index contributed by atoms with van der Waals surface area (Å²) >= 11 is 0. The lowest BCUT2D eigenvalue weighted by Gasteiger charge is -2.17. The zero-order valence-electron chi connectivity index (χ0n) is 11.6. The van der Waals surface area contributed by atoms with E-state index in [0.29, 0.717) is 12.1 Å². The third-order valence-corrected chi connectivity index (χ3v) is 2.83. The number of hydrogen-bond acceptors (Lipinski definition) is 4. The van der Waals surface area contributed by atoms with Crippen LogP contribution in [-0.2, 0) is 16.1 Å². The van der Waals surface area contributed by atoms with Crippen LogP contribution in [0, 0.1) is 0 Å². The smallest absolute Gasteiger partial charge is 0.247 e. The van der Waals surface area contributed by atoms with Gasteiger partial charge >= 0.3 is 0 Å². The number of carbonyl (C=O) groups excluding carboxylic acids is 2. The maximum Gasteiger partial charge on any atom is 0.247 e. The highest BCUT2D eigenvalue weighted by atomic mass is 16.2. The van der Waals surface area contributed by atoms with E-state index in [0.717, 1.165) is 5.56 Å². The average Bonchev–Trinajstić information content (AvgIpc) is 2.52. The van der Waals surface area contributed by atoms with Gasteiger partial charge in [-0.1, -0.05) is 30.3 Å². The molecule has 1 unspecified atom stereocenters. The third kappa shape index (κ3) is 4.38. The van der Waals surface area contributed by atoms with Crippen molar-refractivity contribution in [1.82, 2.24) is 20.6 Å². The quantitative estimate of drug-likeness (QED) is 0.857. The van der Waals surface area contributed by atoms with Crippen molar-refractivity contribution in [3.8, 4) is 0 Å². The molecule has 108 valence electrons. The van der Waals surface area contributed by atoms with Crippen molar-refractivity contribution in [3.05, 3.63) is 60.2 Å². The van der Waals surface area contributed by atoms with Crippen LogP contribution in [0.1, 0.15) is 24.1 Å². The van der Waals surface area contributed by atoms with E-state index >= 15 is 0 Å². The van der Waals surface area contributed by atoms with E-state index in [1.54, 1.807) is 0 Å². The molecule has 0 bridgehead atoms. The van der Waals surface area contributed by atoms with Gasteiger partial charge in [-0.3, -0.25) is 9.59 Å². The molecule has 1 aromatic heterocycles. The van der Waals surface area contributed by atoms with Crippen LogP contribution in [0.5, 0.6) is 0 Å². The lowest BCUT2D eigenvalue weighted by atomic mass is 10.1. The first kappa shape index (κ1) is 14.6. The highest BCUT2D eigenvalue weighted by Gasteiger charge is 2.21. The Hall–Kier alpha value is -2.76. The van der Waals surface area contributed by atoms with E-state index in [4.69, 9.17) is 0 Å². The van der Waals surface area contributed by atoms with Gasteiger partial charge in [0.25, 0.3) is 0 Å². The summed E-state index contributed by atoms with van der Waals surface area (Å²) < 4.78 is 0. The van der Waals surface area contributed by atoms with Crippen LogP contribution in [0.15, 0.2) is 49.1 Å². The Balaban J connectivity index is 2.06. The molecular formula is C15H16N4O2. The summed E-state index contributed by atoms with van der Waals surface area (Å²) in [6, 6.07) is 8.74. The Labute approximate surface area is 122 Å². The molecule has 1 atom stereocenters. The molecule has 0 saturated heterocycles. The molecule has 0 aliphatic carbocycles. The van der Waals surface area contributed by atoms with Crippen LogP contribution in [0.25, 0.3) is 0 Å². The predicted molar refractivity (Wildman–Crippen MR) is 76.9 cm³/mol. The molecule has 21 heavy (non-hydrogen) atoms. The van der Waals surface area contributed by atoms with Crippen molar-refractivity contribution in [2.24, 2.45) is 0 Å². The molecule has 1 heterocycles. The molecule has 2 amide bonds. The summed E-state index contributed by atoms with van der Waals surface area (Å²) in [6.45, 7) is 1.75. The van der Waals surface area contributed by atoms with Crippen molar-refractivity contribution in [1.29, 1.82) is 0 Å². The van der Waals surface area contributed by atoms with E-state index in [2.05, 4.69) is 20.6 Å². The summed E-state index contributed by atoms with van der Waals surface area (Å²) in [5.41, 5.74) is 1.52. The van der Waals surface area contributed by atoms with Gasteiger partial charge in [0.15, 0.2) is 0 Å². The highest BCUT2D eigenvalue weighted by molar-refractivity contribution is 5.87. The number of amides is 2. The zero-order chi connectivity index (χ0) is 15.1. The zero-order valence-corrected chi connectivity index (χ0v) is 11.6. The van der Waals surface area contributed by atoms with Crippen molar-refractivity contribution < 1.29 is 9.59 Å². The van der Waals surface area contributed by atoms with Gasteiger partial charge in [0.05, 0.1) is 0 Å². The number of aromatic nitrogens is 2. The fourth-order valence-corrected chi connectivity index (χ4v) is 1.85. The molecule has 0 spiro atoms. The van der Waals surface area contributed by atoms with Gasteiger partial charge < -0.3 is 10.6 Å². The molecule has 0 aliphatic rings. The van der Waals surface area contributed by atoms with Crippen molar-refractivity contribution >= 4 is 11.8 Å². The van der Waals surface area contributed by atoms with Crippen LogP contribution >= 0.6 is 0 Å². The third-order valence-electron chi connectivity index (χ3n) is 2.83. The largest absolute Gasteiger partial charge is 0.350 e. The lowest BCUT2D eigenvalue weighted by molar-refractivity contribution is -0.128. The molecule has 0 saturated carbocycles. The Morgan fingerprint density at radius 3 is 2.43 bits per heavy atom. The second-order valence-corrected chi connectivity index (χ2v) is 4.51. The molecule has 0 fully saturated rings. The Morgan fingerprint density at radius 2 is 1.81 bits per heavy atom. The standard InChI is InChI=1S/C15H16N4O2/c1-11(20)19-14(13-8-16-10-17-9-13)15(21)18-7-12-5-3-2-4-6-12/h2-6,8-10,14H,7H2,1H3,(H,18,21)(H,19,20). The van der Waals surface area contributed by atoms with Crippen molar-refractivity contribution in [2.45, 2.75) is 19.5 Å². The maximum absolute atomic E-state index is 12.3. The number of benzene rings is 1. The summed E-state index contributed by atoms with van der Waals surface area (Å²) in [5.74, 6) is -0.595. The van der Waals surface area contributed by atoms with Gasteiger partial charge in [0, 0.05) is 31.4 Å². The van der Waals surface area contributed by atoms with Crippen LogP contribution in [0.4, 0.5) is 0 Å². The number of nitrogens with one attached hydrogen (secondary N) is 2. The maximum atomic E-state index is 12.3. The molecule has 6 heteroatoms. The first-order chi connectivity index (χ1) is 10.2. The Morgan fingerprint density at radius 1 is 1.14 bits per heavy atom. The molecule has 0 aliphatic heterocycles. The van der Waals surface area contributed by atoms with E-state index in [1.807, 2.05) is 30.3 Å². The van der Waals surface area contributed by atoms with Crippen LogP contribution in [0.2, 0.25) is 0 Å². The number of hydrogen-bond donors (Lipinski definition) is 2. The molecule has 0 radical (unpaired) electrons. The summed E-state index contributed by atoms with van der Waals surface area (Å²) in [7, 11) is 0. The van der Waals surface area contributed by atoms with E-state index in [1.165, 1.54) is 25.6 Å². The molecule has 2 N–H and O–H groups in total. The first-order valence-corrected chi connectivity index (χ1v) is 6.50. The van der Waals surface area contributed by atoms with Gasteiger partial charge in [-0.15, -0.1) is 0 Å². The Bertz CT molecular complexity index is 602. The summed E-state index contributed by atoms with van der Waals surface area (Å²) in [5, 5.41) is 5.39. The second-order valence-electron chi connectivity index (χ2n) is 4.51. The highest BCUT2D eigenvalue weighted by Crippen LogP contribution is 2.11. The van der Waals surface area contributed by atoms with Gasteiger partial charge in [-0.25, -0.2) is 9.97 Å². The minimum Gasteiger partial charge on any atom is -0.350 e. The number of carbonyl (C=O) groups is 2. The minimum atomic E-state index is -0.799. The normalized spacial score (nSPS) is 11.5. The SMILES string of the molecule is CC(=O)NC(C(=O)NCc1ccccc1)c1cncnc1. The predicted octanol–water partition coefficient (Wildman–Crippen LogP) is 0.970. The lowest BCUT2D eigenvalue weighted by Crippen LogP contribution is -2.39. The van der Waals surface area contributed by atoms with Crippen LogP contribution in [-0.4, -0.2) is 21.8 Å². The summed E-state index contributed by atoms with van der Waals surface area (Å²) in [4.78, 5) is 31.3. The summed E-state index contributed by atoms with van der Waals surface area (Å²) in [6.07, 6.45) is 4.39. The second kappa shape index (κ2) is 7.14. The van der Waals surface area contributed by atoms with Crippen molar-refractivity contribution in [3.63, 3.8) is 0 Å². The van der Waals surface area contributed by atoms with E-state index in [-0.39, 0.29) is 11.8 Å². The van der Waals surface area contributed by atoms with Gasteiger partial charge in [0.2, 0.25) is 11.8 Å². The van der Waals surface area contributed by atoms with E-state index < -0.39 is 6.04 Å². The minimum absolute atomic E-state index is 0.293. The average molecular weight is 284 g/mol. The van der Waals surface area contributed by atoms with Gasteiger partial charge in [0.1, 0.15) is 12.4 Å². The van der Waals surface area contributed by atoms with Gasteiger partial charge in [-0.05, 0) is 5.56 Å². The van der Waals surface area contributed by atoms with Crippen molar-refractivity contribution in [2.75, 3.05) is 0 Å². The first-order valence-electron chi connectivity index (χ1n) is 6.50. The topological polar surface area (TPSA) is 84.0 Å². The molecule has 2 aromatic rings. The fraction of sp³-hybridized carbons (Fsp3) is 0.200. The molecular weight excluding hydrogens is 268 g/mol. The number of rotatable bonds is 5. The molecule has 2 rings (SSSR count). The molecule has 1 aromatic carbocycles.